The van der Waals surface area contributed by atoms with Crippen LogP contribution in [0.3, 0.4) is 0 Å². The Morgan fingerprint density at radius 3 is 2.78 bits per heavy atom. The largest absolute Gasteiger partial charge is 0.455 e. The van der Waals surface area contributed by atoms with Crippen LogP contribution in [0.25, 0.3) is 10.9 Å². The van der Waals surface area contributed by atoms with E-state index >= 15 is 0 Å². The third kappa shape index (κ3) is 4.64. The van der Waals surface area contributed by atoms with E-state index in [0.717, 1.165) is 10.9 Å². The molecule has 0 aliphatic heterocycles. The van der Waals surface area contributed by atoms with E-state index in [1.807, 2.05) is 38.1 Å². The van der Waals surface area contributed by atoms with E-state index in [2.05, 4.69) is 10.3 Å². The summed E-state index contributed by atoms with van der Waals surface area (Å²) in [5.41, 5.74) is 0.346. The first-order valence-electron chi connectivity index (χ1n) is 7.30. The summed E-state index contributed by atoms with van der Waals surface area (Å²) < 4.78 is 15.9. The van der Waals surface area contributed by atoms with Crippen LogP contribution in [0.4, 0.5) is 0 Å². The molecule has 124 valence electrons. The number of nitrogens with zero attached hydrogens (tertiary/aromatic N) is 1. The predicted molar refractivity (Wildman–Crippen MR) is 87.3 cm³/mol. The Bertz CT molecular complexity index is 672. The second-order valence-electron chi connectivity index (χ2n) is 5.85. The summed E-state index contributed by atoms with van der Waals surface area (Å²) in [4.78, 5) is 16.5. The highest BCUT2D eigenvalue weighted by molar-refractivity contribution is 5.82. The molecular weight excluding hydrogens is 296 g/mol. The van der Waals surface area contributed by atoms with Crippen molar-refractivity contribution in [1.82, 2.24) is 10.3 Å². The molecule has 2 aromatic rings. The monoisotopic (exact) mass is 318 g/mol. The van der Waals surface area contributed by atoms with Crippen LogP contribution in [0, 0.1) is 0 Å². The fourth-order valence-electron chi connectivity index (χ4n) is 2.25. The molecule has 6 heteroatoms. The van der Waals surface area contributed by atoms with Gasteiger partial charge in [-0.25, -0.2) is 0 Å². The Kier molecular flexibility index (Phi) is 5.52. The van der Waals surface area contributed by atoms with Gasteiger partial charge in [-0.15, -0.1) is 0 Å². The lowest BCUT2D eigenvalue weighted by atomic mass is 10.1. The van der Waals surface area contributed by atoms with Crippen LogP contribution in [0.5, 0.6) is 5.75 Å². The zero-order chi connectivity index (χ0) is 16.9. The Balaban J connectivity index is 2.09. The number of carbonyl (C=O) groups excluding carboxylic acids is 1. The minimum atomic E-state index is -1.04. The van der Waals surface area contributed by atoms with Gasteiger partial charge in [-0.05, 0) is 38.1 Å². The highest BCUT2D eigenvalue weighted by atomic mass is 16.7. The minimum absolute atomic E-state index is 0.360. The standard InChI is InChI=1S/C17H22N2O4/c1-17(2,11-21-3)19-15(20)16(22-4)23-13-7-8-14-12(10-13)6-5-9-18-14/h5-10,16H,11H2,1-4H3,(H,19,20). The summed E-state index contributed by atoms with van der Waals surface area (Å²) in [6.45, 7) is 4.11. The highest BCUT2D eigenvalue weighted by Gasteiger charge is 2.27. The van der Waals surface area contributed by atoms with Crippen molar-refractivity contribution in [2.24, 2.45) is 0 Å². The molecule has 2 rings (SSSR count). The molecular formula is C17H22N2O4. The van der Waals surface area contributed by atoms with E-state index < -0.39 is 11.8 Å². The first-order chi connectivity index (χ1) is 10.9. The predicted octanol–water partition coefficient (Wildman–Crippen LogP) is 2.13. The summed E-state index contributed by atoms with van der Waals surface area (Å²) in [5.74, 6) is 0.179. The van der Waals surface area contributed by atoms with E-state index in [9.17, 15) is 4.79 Å². The molecule has 0 saturated carbocycles. The number of methoxy groups -OCH3 is 2. The topological polar surface area (TPSA) is 69.7 Å². The van der Waals surface area contributed by atoms with Crippen molar-refractivity contribution in [2.45, 2.75) is 25.7 Å². The van der Waals surface area contributed by atoms with Crippen molar-refractivity contribution in [3.63, 3.8) is 0 Å². The smallest absolute Gasteiger partial charge is 0.290 e. The van der Waals surface area contributed by atoms with Crippen LogP contribution >= 0.6 is 0 Å². The highest BCUT2D eigenvalue weighted by Crippen LogP contribution is 2.20. The third-order valence-corrected chi connectivity index (χ3v) is 3.21. The normalized spacial score (nSPS) is 12.9. The van der Waals surface area contributed by atoms with Crippen molar-refractivity contribution in [1.29, 1.82) is 0 Å². The van der Waals surface area contributed by atoms with Crippen molar-refractivity contribution >= 4 is 16.8 Å². The van der Waals surface area contributed by atoms with E-state index in [4.69, 9.17) is 14.2 Å². The molecule has 0 fully saturated rings. The lowest BCUT2D eigenvalue weighted by Gasteiger charge is -2.27. The van der Waals surface area contributed by atoms with E-state index in [1.165, 1.54) is 7.11 Å². The number of pyridine rings is 1. The van der Waals surface area contributed by atoms with Crippen molar-refractivity contribution in [3.05, 3.63) is 36.5 Å². The molecule has 6 nitrogen and oxygen atoms in total. The summed E-state index contributed by atoms with van der Waals surface area (Å²) in [5, 5.41) is 3.77. The first-order valence-corrected chi connectivity index (χ1v) is 7.30. The maximum absolute atomic E-state index is 12.3. The minimum Gasteiger partial charge on any atom is -0.455 e. The summed E-state index contributed by atoms with van der Waals surface area (Å²) in [6.07, 6.45) is 0.687. The molecule has 0 saturated heterocycles. The van der Waals surface area contributed by atoms with Gasteiger partial charge in [-0.3, -0.25) is 9.78 Å². The van der Waals surface area contributed by atoms with E-state index in [1.54, 1.807) is 19.4 Å². The van der Waals surface area contributed by atoms with E-state index in [-0.39, 0.29) is 5.91 Å². The van der Waals surface area contributed by atoms with Gasteiger partial charge in [0, 0.05) is 25.8 Å². The molecule has 1 N–H and O–H groups in total. The number of nitrogens with one attached hydrogen (secondary N) is 1. The quantitative estimate of drug-likeness (QED) is 0.792. The number of ether oxygens (including phenoxy) is 3. The maximum atomic E-state index is 12.3. The molecule has 23 heavy (non-hydrogen) atoms. The summed E-state index contributed by atoms with van der Waals surface area (Å²) >= 11 is 0. The fourth-order valence-corrected chi connectivity index (χ4v) is 2.25. The number of hydrogen-bond acceptors (Lipinski definition) is 5. The van der Waals surface area contributed by atoms with Crippen LogP contribution < -0.4 is 10.1 Å². The van der Waals surface area contributed by atoms with Gasteiger partial charge in [0.1, 0.15) is 5.75 Å². The Labute approximate surface area is 135 Å². The number of amides is 1. The van der Waals surface area contributed by atoms with Crippen molar-refractivity contribution in [2.75, 3.05) is 20.8 Å². The fraction of sp³-hybridized carbons (Fsp3) is 0.412. The van der Waals surface area contributed by atoms with Crippen molar-refractivity contribution < 1.29 is 19.0 Å². The third-order valence-electron chi connectivity index (χ3n) is 3.21. The lowest BCUT2D eigenvalue weighted by molar-refractivity contribution is -0.150. The molecule has 0 radical (unpaired) electrons. The van der Waals surface area contributed by atoms with Gasteiger partial charge in [0.2, 0.25) is 0 Å². The number of aromatic nitrogens is 1. The van der Waals surface area contributed by atoms with Gasteiger partial charge >= 0.3 is 0 Å². The SMILES string of the molecule is COCC(C)(C)NC(=O)C(OC)Oc1ccc2ncccc2c1. The molecule has 1 amide bonds. The molecule has 0 spiro atoms. The van der Waals surface area contributed by atoms with Gasteiger partial charge in [0.15, 0.2) is 0 Å². The summed E-state index contributed by atoms with van der Waals surface area (Å²) in [7, 11) is 3.01. The number of benzene rings is 1. The first kappa shape index (κ1) is 17.2. The van der Waals surface area contributed by atoms with Gasteiger partial charge < -0.3 is 19.5 Å². The molecule has 0 aliphatic rings. The van der Waals surface area contributed by atoms with E-state index in [0.29, 0.717) is 12.4 Å². The average Bonchev–Trinajstić information content (AvgIpc) is 2.51. The number of hydrogen-bond donors (Lipinski definition) is 1. The second-order valence-corrected chi connectivity index (χ2v) is 5.85. The van der Waals surface area contributed by atoms with Crippen LogP contribution in [0.2, 0.25) is 0 Å². The number of rotatable bonds is 7. The zero-order valence-corrected chi connectivity index (χ0v) is 13.8. The van der Waals surface area contributed by atoms with Crippen LogP contribution in [-0.4, -0.2) is 43.5 Å². The van der Waals surface area contributed by atoms with Gasteiger partial charge in [0.05, 0.1) is 17.7 Å². The second kappa shape index (κ2) is 7.39. The number of fused-ring (bicyclic) bond motifs is 1. The van der Waals surface area contributed by atoms with Crippen LogP contribution in [0.15, 0.2) is 36.5 Å². The molecule has 0 aliphatic carbocycles. The zero-order valence-electron chi connectivity index (χ0n) is 13.8. The number of carbonyl (C=O) groups is 1. The van der Waals surface area contributed by atoms with Gasteiger partial charge in [-0.1, -0.05) is 6.07 Å². The molecule has 1 heterocycles. The van der Waals surface area contributed by atoms with Crippen molar-refractivity contribution in [3.8, 4) is 5.75 Å². The Hall–Kier alpha value is -2.18. The summed E-state index contributed by atoms with van der Waals surface area (Å²) in [6, 6.07) is 9.19. The molecule has 1 aromatic heterocycles. The average molecular weight is 318 g/mol. The van der Waals surface area contributed by atoms with Crippen LogP contribution in [0.1, 0.15) is 13.8 Å². The van der Waals surface area contributed by atoms with Gasteiger partial charge in [-0.2, -0.15) is 0 Å². The molecule has 1 unspecified atom stereocenters. The Morgan fingerprint density at radius 2 is 2.09 bits per heavy atom. The van der Waals surface area contributed by atoms with Gasteiger partial charge in [0.25, 0.3) is 12.2 Å². The Morgan fingerprint density at radius 1 is 1.30 bits per heavy atom. The molecule has 1 atom stereocenters. The van der Waals surface area contributed by atoms with Crippen LogP contribution in [-0.2, 0) is 14.3 Å². The molecule has 0 bridgehead atoms. The maximum Gasteiger partial charge on any atom is 0.290 e. The molecule has 1 aromatic carbocycles. The lowest BCUT2D eigenvalue weighted by Crippen LogP contribution is -2.52.